The molecular weight excluding hydrogens is 497 g/mol. The van der Waals surface area contributed by atoms with E-state index in [9.17, 15) is 14.7 Å². The molecule has 7 nitrogen and oxygen atoms in total. The van der Waals surface area contributed by atoms with E-state index in [1.54, 1.807) is 19.2 Å². The largest absolute Gasteiger partial charge is 0.465 e. The van der Waals surface area contributed by atoms with Gasteiger partial charge in [0.15, 0.2) is 0 Å². The Bertz CT molecular complexity index is 931. The van der Waals surface area contributed by atoms with Crippen LogP contribution in [0.1, 0.15) is 47.7 Å². The number of carbonyl (C=O) groups is 2. The first kappa shape index (κ1) is 22.3. The molecule has 30 heavy (non-hydrogen) atoms. The molecule has 0 saturated carbocycles. The van der Waals surface area contributed by atoms with E-state index >= 15 is 0 Å². The van der Waals surface area contributed by atoms with Crippen molar-refractivity contribution in [3.8, 4) is 11.6 Å². The van der Waals surface area contributed by atoms with Crippen LogP contribution in [0.15, 0.2) is 30.5 Å². The molecule has 2 N–H and O–H groups in total. The number of pyridine rings is 1. The number of carbonyl (C=O) groups excluding carboxylic acids is 1. The molecule has 0 radical (unpaired) electrons. The number of rotatable bonds is 5. The number of carboxylic acid groups (broad SMARTS) is 1. The van der Waals surface area contributed by atoms with E-state index in [4.69, 9.17) is 4.74 Å². The molecule has 2 heterocycles. The number of fused-ring (bicyclic) bond motifs is 1. The summed E-state index contributed by atoms with van der Waals surface area (Å²) >= 11 is 2.23. The third kappa shape index (κ3) is 5.21. The number of hydrogen-bond donors (Lipinski definition) is 2. The number of benzene rings is 1. The van der Waals surface area contributed by atoms with Crippen molar-refractivity contribution in [2.75, 3.05) is 20.1 Å². The van der Waals surface area contributed by atoms with Gasteiger partial charge in [0, 0.05) is 38.3 Å². The van der Waals surface area contributed by atoms with Crippen molar-refractivity contribution < 1.29 is 19.4 Å². The third-order valence-electron chi connectivity index (χ3n) is 5.19. The maximum absolute atomic E-state index is 11.7. The zero-order chi connectivity index (χ0) is 21.8. The smallest absolute Gasteiger partial charge is 0.407 e. The topological polar surface area (TPSA) is 91.8 Å². The summed E-state index contributed by atoms with van der Waals surface area (Å²) in [6, 6.07) is 7.46. The van der Waals surface area contributed by atoms with Gasteiger partial charge in [0.1, 0.15) is 5.75 Å². The molecule has 0 fully saturated rings. The molecule has 1 aliphatic heterocycles. The molecule has 0 aliphatic carbocycles. The summed E-state index contributed by atoms with van der Waals surface area (Å²) in [7, 11) is 1.57. The monoisotopic (exact) mass is 523 g/mol. The highest BCUT2D eigenvalue weighted by Crippen LogP contribution is 2.37. The average molecular weight is 523 g/mol. The van der Waals surface area contributed by atoms with Crippen LogP contribution in [-0.4, -0.2) is 47.1 Å². The first-order valence-corrected chi connectivity index (χ1v) is 11.0. The summed E-state index contributed by atoms with van der Waals surface area (Å²) in [6.45, 7) is 5.28. The van der Waals surface area contributed by atoms with Crippen LogP contribution >= 0.6 is 22.6 Å². The Morgan fingerprint density at radius 1 is 1.37 bits per heavy atom. The van der Waals surface area contributed by atoms with Gasteiger partial charge >= 0.3 is 6.09 Å². The van der Waals surface area contributed by atoms with E-state index in [0.29, 0.717) is 42.6 Å². The van der Waals surface area contributed by atoms with Crippen molar-refractivity contribution in [2.45, 2.75) is 32.6 Å². The molecule has 1 atom stereocenters. The molecule has 1 aromatic carbocycles. The van der Waals surface area contributed by atoms with Crippen molar-refractivity contribution in [1.29, 1.82) is 0 Å². The number of nitrogens with zero attached hydrogens (tertiary/aromatic N) is 2. The van der Waals surface area contributed by atoms with E-state index in [-0.39, 0.29) is 11.8 Å². The van der Waals surface area contributed by atoms with Crippen LogP contribution in [0.25, 0.3) is 0 Å². The molecule has 2 amide bonds. The fourth-order valence-electron chi connectivity index (χ4n) is 3.77. The first-order valence-electron chi connectivity index (χ1n) is 9.94. The summed E-state index contributed by atoms with van der Waals surface area (Å²) < 4.78 is 6.97. The predicted molar refractivity (Wildman–Crippen MR) is 122 cm³/mol. The fourth-order valence-corrected chi connectivity index (χ4v) is 4.41. The summed E-state index contributed by atoms with van der Waals surface area (Å²) in [5.41, 5.74) is 2.78. The van der Waals surface area contributed by atoms with Crippen LogP contribution < -0.4 is 10.1 Å². The lowest BCUT2D eigenvalue weighted by Gasteiger charge is -2.24. The van der Waals surface area contributed by atoms with Crippen LogP contribution in [-0.2, 0) is 6.42 Å². The molecular formula is C22H26IN3O4. The van der Waals surface area contributed by atoms with Gasteiger partial charge in [-0.1, -0.05) is 13.8 Å². The second-order valence-electron chi connectivity index (χ2n) is 7.85. The van der Waals surface area contributed by atoms with E-state index < -0.39 is 6.09 Å². The van der Waals surface area contributed by atoms with E-state index in [2.05, 4.69) is 52.8 Å². The number of hydrogen-bond acceptors (Lipinski definition) is 4. The summed E-state index contributed by atoms with van der Waals surface area (Å²) in [6.07, 6.45) is 2.20. The Labute approximate surface area is 190 Å². The van der Waals surface area contributed by atoms with Gasteiger partial charge in [-0.05, 0) is 70.7 Å². The molecule has 160 valence electrons. The number of halogens is 1. The van der Waals surface area contributed by atoms with Crippen molar-refractivity contribution in [3.05, 3.63) is 50.7 Å². The molecule has 1 aromatic heterocycles. The fraction of sp³-hybridized carbons (Fsp3) is 0.409. The van der Waals surface area contributed by atoms with Gasteiger partial charge in [-0.3, -0.25) is 4.79 Å². The normalized spacial score (nSPS) is 16.0. The van der Waals surface area contributed by atoms with E-state index in [0.717, 1.165) is 15.6 Å². The average Bonchev–Trinajstić information content (AvgIpc) is 2.87. The van der Waals surface area contributed by atoms with Crippen molar-refractivity contribution in [3.63, 3.8) is 0 Å². The molecule has 0 spiro atoms. The molecule has 8 heteroatoms. The van der Waals surface area contributed by atoms with Gasteiger partial charge in [0.2, 0.25) is 5.88 Å². The van der Waals surface area contributed by atoms with E-state index in [1.807, 2.05) is 6.07 Å². The van der Waals surface area contributed by atoms with Crippen LogP contribution in [0.5, 0.6) is 11.6 Å². The second-order valence-corrected chi connectivity index (χ2v) is 9.01. The summed E-state index contributed by atoms with van der Waals surface area (Å²) in [5, 5.41) is 12.1. The summed E-state index contributed by atoms with van der Waals surface area (Å²) in [4.78, 5) is 29.1. The zero-order valence-corrected chi connectivity index (χ0v) is 19.5. The number of nitrogens with one attached hydrogen (secondary N) is 1. The van der Waals surface area contributed by atoms with Crippen molar-refractivity contribution in [2.24, 2.45) is 5.92 Å². The zero-order valence-electron chi connectivity index (χ0n) is 17.3. The Balaban J connectivity index is 1.91. The minimum atomic E-state index is -0.872. The molecule has 2 aromatic rings. The highest BCUT2D eigenvalue weighted by Gasteiger charge is 2.27. The van der Waals surface area contributed by atoms with Crippen LogP contribution in [0.2, 0.25) is 0 Å². The van der Waals surface area contributed by atoms with Crippen LogP contribution in [0, 0.1) is 9.49 Å². The quantitative estimate of drug-likeness (QED) is 0.564. The maximum atomic E-state index is 11.7. The second kappa shape index (κ2) is 9.63. The Morgan fingerprint density at radius 3 is 2.73 bits per heavy atom. The number of aromatic nitrogens is 1. The van der Waals surface area contributed by atoms with Gasteiger partial charge in [0.05, 0.1) is 9.13 Å². The Morgan fingerprint density at radius 2 is 2.13 bits per heavy atom. The predicted octanol–water partition coefficient (Wildman–Crippen LogP) is 4.50. The third-order valence-corrected chi connectivity index (χ3v) is 6.03. The Hall–Kier alpha value is -2.36. The minimum absolute atomic E-state index is 0.113. The summed E-state index contributed by atoms with van der Waals surface area (Å²) in [5.74, 6) is 1.45. The van der Waals surface area contributed by atoms with Gasteiger partial charge in [0.25, 0.3) is 5.91 Å². The highest BCUT2D eigenvalue weighted by atomic mass is 127. The highest BCUT2D eigenvalue weighted by molar-refractivity contribution is 14.1. The van der Waals surface area contributed by atoms with Crippen molar-refractivity contribution in [1.82, 2.24) is 15.2 Å². The van der Waals surface area contributed by atoms with Gasteiger partial charge in [-0.2, -0.15) is 0 Å². The molecule has 0 saturated heterocycles. The van der Waals surface area contributed by atoms with Gasteiger partial charge in [-0.15, -0.1) is 0 Å². The Kier molecular flexibility index (Phi) is 7.17. The van der Waals surface area contributed by atoms with Crippen LogP contribution in [0.4, 0.5) is 4.79 Å². The SMILES string of the molecule is CNC(=O)c1ccc(Oc2cc3c(cc2I)CCN(C(=O)O)CC3CC(C)C)nc1. The lowest BCUT2D eigenvalue weighted by atomic mass is 9.87. The lowest BCUT2D eigenvalue weighted by molar-refractivity contribution is 0.0962. The van der Waals surface area contributed by atoms with Crippen molar-refractivity contribution >= 4 is 34.6 Å². The number of ether oxygens (including phenoxy) is 1. The number of amides is 2. The molecule has 1 aliphatic rings. The minimum Gasteiger partial charge on any atom is -0.465 e. The lowest BCUT2D eigenvalue weighted by Crippen LogP contribution is -2.33. The molecule has 0 bridgehead atoms. The molecule has 1 unspecified atom stereocenters. The van der Waals surface area contributed by atoms with E-state index in [1.165, 1.54) is 16.7 Å². The van der Waals surface area contributed by atoms with Crippen LogP contribution in [0.3, 0.4) is 0 Å². The first-order chi connectivity index (χ1) is 14.3. The maximum Gasteiger partial charge on any atom is 0.407 e. The standard InChI is InChI=1S/C22H26IN3O4/c1-13(2)8-16-12-26(22(28)29)7-6-14-9-18(23)19(10-17(14)16)30-20-5-4-15(11-25-20)21(27)24-3/h4-5,9-11,13,16H,6-8,12H2,1-3H3,(H,24,27)(H,28,29). The molecule has 3 rings (SSSR count). The van der Waals surface area contributed by atoms with Gasteiger partial charge < -0.3 is 20.1 Å². The van der Waals surface area contributed by atoms with Gasteiger partial charge in [-0.25, -0.2) is 9.78 Å².